The van der Waals surface area contributed by atoms with Crippen molar-refractivity contribution in [2.75, 3.05) is 19.4 Å². The van der Waals surface area contributed by atoms with Crippen molar-refractivity contribution >= 4 is 34.3 Å². The molecule has 8 nitrogen and oxygen atoms in total. The third kappa shape index (κ3) is 7.91. The Morgan fingerprint density at radius 1 is 1.33 bits per heavy atom. The van der Waals surface area contributed by atoms with Gasteiger partial charge in [0.2, 0.25) is 11.8 Å². The largest absolute Gasteiger partial charge is 0.469 e. The van der Waals surface area contributed by atoms with Gasteiger partial charge in [0.15, 0.2) is 5.13 Å². The van der Waals surface area contributed by atoms with Crippen LogP contribution in [0.2, 0.25) is 0 Å². The summed E-state index contributed by atoms with van der Waals surface area (Å²) in [4.78, 5) is 38.9. The van der Waals surface area contributed by atoms with Gasteiger partial charge in [-0.05, 0) is 26.7 Å². The molecule has 1 aromatic rings. The van der Waals surface area contributed by atoms with E-state index in [0.29, 0.717) is 24.4 Å². The van der Waals surface area contributed by atoms with Crippen LogP contribution in [0.4, 0.5) is 5.13 Å². The van der Waals surface area contributed by atoms with E-state index in [1.807, 2.05) is 5.38 Å². The lowest BCUT2D eigenvalue weighted by Crippen LogP contribution is -2.48. The number of amides is 2. The molecule has 0 fully saturated rings. The first-order chi connectivity index (χ1) is 11.2. The van der Waals surface area contributed by atoms with Crippen LogP contribution in [0.15, 0.2) is 5.38 Å². The molecule has 0 aromatic carbocycles. The molecule has 0 saturated heterocycles. The van der Waals surface area contributed by atoms with Gasteiger partial charge in [-0.3, -0.25) is 14.4 Å². The van der Waals surface area contributed by atoms with Crippen LogP contribution in [0, 0.1) is 0 Å². The van der Waals surface area contributed by atoms with E-state index in [9.17, 15) is 14.4 Å². The first-order valence-corrected chi connectivity index (χ1v) is 8.44. The maximum Gasteiger partial charge on any atom is 0.307 e. The molecule has 0 aliphatic heterocycles. The van der Waals surface area contributed by atoms with Gasteiger partial charge in [0.05, 0.1) is 25.8 Å². The molecule has 1 aromatic heterocycles. The van der Waals surface area contributed by atoms with E-state index in [0.717, 1.165) is 5.69 Å². The lowest BCUT2D eigenvalue weighted by molar-refractivity contribution is -0.142. The van der Waals surface area contributed by atoms with Gasteiger partial charge in [-0.25, -0.2) is 4.98 Å². The van der Waals surface area contributed by atoms with Crippen LogP contribution < -0.4 is 16.4 Å². The molecular weight excluding hydrogens is 332 g/mol. The molecule has 2 amide bonds. The van der Waals surface area contributed by atoms with Gasteiger partial charge >= 0.3 is 5.97 Å². The number of nitrogens with zero attached hydrogens (tertiary/aromatic N) is 1. The first kappa shape index (κ1) is 19.9. The minimum Gasteiger partial charge on any atom is -0.469 e. The zero-order chi connectivity index (χ0) is 18.2. The van der Waals surface area contributed by atoms with Gasteiger partial charge in [-0.1, -0.05) is 0 Å². The quantitative estimate of drug-likeness (QED) is 0.557. The van der Waals surface area contributed by atoms with Crippen LogP contribution in [0.5, 0.6) is 0 Å². The van der Waals surface area contributed by atoms with Crippen LogP contribution in [0.25, 0.3) is 0 Å². The highest BCUT2D eigenvalue weighted by molar-refractivity contribution is 7.13. The molecule has 4 N–H and O–H groups in total. The number of nitrogens with two attached hydrogens (primary N) is 1. The second-order valence-corrected chi connectivity index (χ2v) is 6.88. The van der Waals surface area contributed by atoms with E-state index in [4.69, 9.17) is 5.73 Å². The Morgan fingerprint density at radius 3 is 2.62 bits per heavy atom. The number of anilines is 1. The number of rotatable bonds is 9. The highest BCUT2D eigenvalue weighted by Gasteiger charge is 2.24. The number of aromatic nitrogens is 1. The lowest BCUT2D eigenvalue weighted by Gasteiger charge is -2.25. The zero-order valence-electron chi connectivity index (χ0n) is 14.2. The molecule has 0 atom stereocenters. The monoisotopic (exact) mass is 356 g/mol. The molecule has 9 heteroatoms. The number of esters is 1. The summed E-state index contributed by atoms with van der Waals surface area (Å²) in [7, 11) is 1.29. The molecule has 1 rings (SSSR count). The molecule has 1 heterocycles. The average molecular weight is 356 g/mol. The van der Waals surface area contributed by atoms with Crippen LogP contribution >= 0.6 is 11.3 Å². The average Bonchev–Trinajstić information content (AvgIpc) is 2.89. The Balaban J connectivity index is 2.23. The maximum absolute atomic E-state index is 11.8. The number of nitrogens with one attached hydrogen (secondary N) is 2. The predicted molar refractivity (Wildman–Crippen MR) is 91.3 cm³/mol. The maximum atomic E-state index is 11.8. The number of hydrogen-bond donors (Lipinski definition) is 3. The Bertz CT molecular complexity index is 586. The summed E-state index contributed by atoms with van der Waals surface area (Å²) in [5.74, 6) is -0.976. The summed E-state index contributed by atoms with van der Waals surface area (Å²) in [6, 6.07) is 0. The van der Waals surface area contributed by atoms with Crippen molar-refractivity contribution in [2.45, 2.75) is 45.1 Å². The fraction of sp³-hybridized carbons (Fsp3) is 0.600. The Kier molecular flexibility index (Phi) is 7.63. The minimum absolute atomic E-state index is 0.0555. The fourth-order valence-corrected chi connectivity index (χ4v) is 2.63. The number of ether oxygens (including phenoxy) is 1. The van der Waals surface area contributed by atoms with Crippen LogP contribution in [-0.4, -0.2) is 42.0 Å². The summed E-state index contributed by atoms with van der Waals surface area (Å²) in [5.41, 5.74) is 5.67. The number of methoxy groups -OCH3 is 1. The van der Waals surface area contributed by atoms with Crippen LogP contribution in [0.3, 0.4) is 0 Å². The van der Waals surface area contributed by atoms with E-state index in [1.165, 1.54) is 18.4 Å². The van der Waals surface area contributed by atoms with Gasteiger partial charge in [-0.2, -0.15) is 0 Å². The third-order valence-corrected chi connectivity index (χ3v) is 3.87. The fourth-order valence-electron chi connectivity index (χ4n) is 2.03. The molecule has 0 radical (unpaired) electrons. The van der Waals surface area contributed by atoms with E-state index >= 15 is 0 Å². The normalized spacial score (nSPS) is 11.0. The van der Waals surface area contributed by atoms with Crippen molar-refractivity contribution in [1.82, 2.24) is 15.6 Å². The summed E-state index contributed by atoms with van der Waals surface area (Å²) in [5, 5.41) is 7.62. The first-order valence-electron chi connectivity index (χ1n) is 7.56. The summed E-state index contributed by atoms with van der Waals surface area (Å²) in [6.45, 7) is 3.29. The molecule has 24 heavy (non-hydrogen) atoms. The second-order valence-electron chi connectivity index (χ2n) is 5.99. The molecule has 0 aliphatic rings. The smallest absolute Gasteiger partial charge is 0.307 e. The van der Waals surface area contributed by atoms with Gasteiger partial charge in [0.25, 0.3) is 0 Å². The minimum atomic E-state index is -0.737. The summed E-state index contributed by atoms with van der Waals surface area (Å²) in [6.07, 6.45) is 1.65. The number of carbonyl (C=O) groups is 3. The van der Waals surface area contributed by atoms with Crippen molar-refractivity contribution in [3.05, 3.63) is 11.1 Å². The number of carbonyl (C=O) groups excluding carboxylic acids is 3. The van der Waals surface area contributed by atoms with E-state index in [1.54, 1.807) is 13.8 Å². The Morgan fingerprint density at radius 2 is 2.04 bits per heavy atom. The van der Waals surface area contributed by atoms with Gasteiger partial charge in [0, 0.05) is 17.3 Å². The van der Waals surface area contributed by atoms with Crippen molar-refractivity contribution in [3.63, 3.8) is 0 Å². The third-order valence-electron chi connectivity index (χ3n) is 3.14. The zero-order valence-corrected chi connectivity index (χ0v) is 15.0. The molecule has 0 spiro atoms. The van der Waals surface area contributed by atoms with E-state index in [-0.39, 0.29) is 24.8 Å². The summed E-state index contributed by atoms with van der Waals surface area (Å²) >= 11 is 1.37. The Labute approximate surface area is 145 Å². The predicted octanol–water partition coefficient (Wildman–Crippen LogP) is 0.622. The number of thiazole rings is 1. The van der Waals surface area contributed by atoms with Crippen LogP contribution in [0.1, 0.15) is 38.8 Å². The second kappa shape index (κ2) is 9.21. The van der Waals surface area contributed by atoms with E-state index < -0.39 is 11.5 Å². The van der Waals surface area contributed by atoms with Gasteiger partial charge in [0.1, 0.15) is 0 Å². The number of hydrogen-bond acceptors (Lipinski definition) is 7. The van der Waals surface area contributed by atoms with Crippen molar-refractivity contribution < 1.29 is 19.1 Å². The van der Waals surface area contributed by atoms with Crippen molar-refractivity contribution in [3.8, 4) is 0 Å². The van der Waals surface area contributed by atoms with Gasteiger partial charge in [-0.15, -0.1) is 11.3 Å². The number of aryl methyl sites for hydroxylation is 1. The van der Waals surface area contributed by atoms with Crippen molar-refractivity contribution in [2.24, 2.45) is 0 Å². The van der Waals surface area contributed by atoms with E-state index in [2.05, 4.69) is 20.4 Å². The SMILES string of the molecule is COC(=O)CC(C)(C)NC(=O)CNC(=O)CCCc1csc(N)n1. The highest BCUT2D eigenvalue weighted by atomic mass is 32.1. The topological polar surface area (TPSA) is 123 Å². The lowest BCUT2D eigenvalue weighted by atomic mass is 10.0. The van der Waals surface area contributed by atoms with Gasteiger partial charge < -0.3 is 21.1 Å². The molecule has 0 saturated carbocycles. The molecule has 0 aliphatic carbocycles. The standard InChI is InChI=1S/C15H24N4O4S/c1-15(2,7-13(22)23-3)19-12(21)8-17-11(20)6-4-5-10-9-24-14(16)18-10/h9H,4-8H2,1-3H3,(H2,16,18)(H,17,20)(H,19,21). The molecule has 0 bridgehead atoms. The summed E-state index contributed by atoms with van der Waals surface area (Å²) < 4.78 is 4.58. The molecular formula is C15H24N4O4S. The molecule has 0 unspecified atom stereocenters. The van der Waals surface area contributed by atoms with Crippen molar-refractivity contribution in [1.29, 1.82) is 0 Å². The number of nitrogen functional groups attached to an aromatic ring is 1. The Hall–Kier alpha value is -2.16. The highest BCUT2D eigenvalue weighted by Crippen LogP contribution is 2.13. The van der Waals surface area contributed by atoms with Crippen LogP contribution in [-0.2, 0) is 25.5 Å². The molecule has 134 valence electrons.